The molecule has 4 aromatic heterocycles. The number of carboxylic acids is 2. The van der Waals surface area contributed by atoms with E-state index >= 15 is 4.39 Å². The summed E-state index contributed by atoms with van der Waals surface area (Å²) in [6, 6.07) is 15.6. The van der Waals surface area contributed by atoms with Crippen molar-refractivity contribution in [1.82, 2.24) is 19.9 Å². The first-order chi connectivity index (χ1) is 41.1. The van der Waals surface area contributed by atoms with Crippen LogP contribution < -0.4 is 19.6 Å². The van der Waals surface area contributed by atoms with Gasteiger partial charge in [-0.2, -0.15) is 4.39 Å². The molecule has 85 heavy (non-hydrogen) atoms. The highest BCUT2D eigenvalue weighted by molar-refractivity contribution is 7.14. The second-order valence-corrected chi connectivity index (χ2v) is 25.3. The fourth-order valence-corrected chi connectivity index (χ4v) is 14.5. The second-order valence-electron chi connectivity index (χ2n) is 23.6. The van der Waals surface area contributed by atoms with Crippen molar-refractivity contribution < 1.29 is 52.2 Å². The summed E-state index contributed by atoms with van der Waals surface area (Å²) in [5, 5.41) is 21.0. The average Bonchev–Trinajstić information content (AvgIpc) is 2.67. The van der Waals surface area contributed by atoms with Crippen molar-refractivity contribution in [3.63, 3.8) is 0 Å². The van der Waals surface area contributed by atoms with E-state index in [0.29, 0.717) is 89.8 Å². The smallest absolute Gasteiger partial charge is 0.304 e. The summed E-state index contributed by atoms with van der Waals surface area (Å²) in [4.78, 5) is 101. The van der Waals surface area contributed by atoms with Gasteiger partial charge in [-0.3, -0.25) is 48.4 Å². The Morgan fingerprint density at radius 2 is 1.04 bits per heavy atom. The number of aliphatic carboxylic acids is 2. The van der Waals surface area contributed by atoms with Gasteiger partial charge in [0.25, 0.3) is 0 Å². The zero-order valence-corrected chi connectivity index (χ0v) is 48.9. The van der Waals surface area contributed by atoms with Crippen molar-refractivity contribution in [3.8, 4) is 44.8 Å². The van der Waals surface area contributed by atoms with Gasteiger partial charge in [-0.1, -0.05) is 74.8 Å². The third-order valence-corrected chi connectivity index (χ3v) is 19.0. The molecule has 0 radical (unpaired) electrons. The maximum Gasteiger partial charge on any atom is 0.304 e. The van der Waals surface area contributed by atoms with Gasteiger partial charge in [-0.15, -0.1) is 11.3 Å². The number of carbonyl (C=O) groups excluding carboxylic acids is 4. The monoisotopic (exact) mass is 1200 g/mol. The van der Waals surface area contributed by atoms with Gasteiger partial charge in [0.15, 0.2) is 10.3 Å². The van der Waals surface area contributed by atoms with E-state index in [9.17, 15) is 47.8 Å². The number of hydrogen-bond donors (Lipinski definition) is 2. The first kappa shape index (κ1) is 59.3. The summed E-state index contributed by atoms with van der Waals surface area (Å²) in [6.07, 6.45) is 20.1. The number of rotatable bonds is 20. The summed E-state index contributed by atoms with van der Waals surface area (Å²) in [6.45, 7) is 1.25. The molecule has 2 saturated heterocycles. The molecule has 6 aromatic rings. The highest BCUT2D eigenvalue weighted by Gasteiger charge is 2.42. The van der Waals surface area contributed by atoms with Gasteiger partial charge >= 0.3 is 11.9 Å². The topological polar surface area (TPSA) is 207 Å². The van der Waals surface area contributed by atoms with Crippen molar-refractivity contribution in [2.24, 2.45) is 23.7 Å². The molecule has 4 amide bonds. The molecular formula is C64H69F3N8O8S2. The predicted molar refractivity (Wildman–Crippen MR) is 319 cm³/mol. The molecule has 0 bridgehead atoms. The molecular weight excluding hydrogens is 1130 g/mol. The van der Waals surface area contributed by atoms with Crippen LogP contribution in [-0.4, -0.2) is 90.9 Å². The van der Waals surface area contributed by atoms with Crippen LogP contribution in [-0.2, 0) is 28.8 Å². The van der Waals surface area contributed by atoms with E-state index in [4.69, 9.17) is 4.98 Å². The summed E-state index contributed by atoms with van der Waals surface area (Å²) in [5.41, 5.74) is 3.89. The van der Waals surface area contributed by atoms with Crippen molar-refractivity contribution in [3.05, 3.63) is 95.2 Å². The average molecular weight is 1200 g/mol. The summed E-state index contributed by atoms with van der Waals surface area (Å²) < 4.78 is 44.8. The number of carboxylic acid groups (broad SMARTS) is 2. The zero-order valence-electron chi connectivity index (χ0n) is 47.3. The van der Waals surface area contributed by atoms with Crippen LogP contribution in [0.5, 0.6) is 0 Å². The molecule has 0 spiro atoms. The Kier molecular flexibility index (Phi) is 18.5. The van der Waals surface area contributed by atoms with Crippen molar-refractivity contribution >= 4 is 80.1 Å². The fourth-order valence-electron chi connectivity index (χ4n) is 12.7. The molecule has 6 heterocycles. The minimum Gasteiger partial charge on any atom is -0.481 e. The molecule has 2 aliphatic heterocycles. The molecule has 6 aliphatic rings. The standard InChI is InChI=1S/C32H34F2N4O4S.C32H35FN4O4S/c33-22-9-12-24(20-8-13-26(35-18-20)37-14-4-3-7-27(37)39)25(17-22)29-30(34)43-32(36-29)38(23-10-11-23)31(42)21(16-28(40)41)15-19-5-1-2-6-19;33-23-9-12-25(21-8-13-28(34-18-21)36-14-4-3-7-29(36)38)26(17-23)27-19-42-32(35-27)37(24-10-11-24)31(41)22(16-30(39)40)15-20-5-1-2-6-20/h8-9,12-13,17-19,21,23H,1-7,10-11,14-16H2,(H,40,41);8-9,12-13,17-20,22,24H,1-7,10-11,14-16H2,(H,39,40)/t21-;22-/m11/s1. The zero-order chi connectivity index (χ0) is 59.3. The molecule has 0 unspecified atom stereocenters. The first-order valence-electron chi connectivity index (χ1n) is 30.0. The lowest BCUT2D eigenvalue weighted by Gasteiger charge is -2.26. The maximum absolute atomic E-state index is 15.7. The Morgan fingerprint density at radius 3 is 1.48 bits per heavy atom. The lowest BCUT2D eigenvalue weighted by molar-refractivity contribution is -0.141. The number of halogens is 3. The molecule has 6 fully saturated rings. The Labute approximate surface area is 499 Å². The van der Waals surface area contributed by atoms with Gasteiger partial charge in [0, 0.05) is 89.9 Å². The molecule has 21 heteroatoms. The van der Waals surface area contributed by atoms with Gasteiger partial charge in [-0.25, -0.2) is 28.7 Å². The number of pyridine rings is 2. The van der Waals surface area contributed by atoms with Crippen LogP contribution in [0.25, 0.3) is 44.8 Å². The number of carbonyl (C=O) groups is 6. The van der Waals surface area contributed by atoms with Crippen LogP contribution in [0.4, 0.5) is 35.1 Å². The van der Waals surface area contributed by atoms with Gasteiger partial charge < -0.3 is 10.2 Å². The normalized spacial score (nSPS) is 18.2. The highest BCUT2D eigenvalue weighted by atomic mass is 32.1. The van der Waals surface area contributed by atoms with E-state index in [1.807, 2.05) is 17.5 Å². The summed E-state index contributed by atoms with van der Waals surface area (Å²) in [7, 11) is 0. The highest BCUT2D eigenvalue weighted by Crippen LogP contribution is 2.45. The SMILES string of the molecule is O=C(O)C[C@@H](CC1CCCC1)C(=O)N(c1nc(-c2cc(F)ccc2-c2ccc(N3CCCCC3=O)nc2)c(F)s1)C1CC1.O=C(O)C[C@@H](CC1CCCC1)C(=O)N(c1nc(-c2cc(F)ccc2-c2ccc(N3CCCCC3=O)nc2)cs1)C1CC1. The number of piperidine rings is 2. The molecule has 4 aliphatic carbocycles. The van der Waals surface area contributed by atoms with Crippen LogP contribution in [0.15, 0.2) is 78.4 Å². The second kappa shape index (κ2) is 26.5. The molecule has 2 aromatic carbocycles. The van der Waals surface area contributed by atoms with Crippen molar-refractivity contribution in [2.45, 2.75) is 153 Å². The Balaban J connectivity index is 0.000000177. The van der Waals surface area contributed by atoms with E-state index in [1.54, 1.807) is 51.4 Å². The number of benzene rings is 2. The number of nitrogens with zero attached hydrogens (tertiary/aromatic N) is 8. The van der Waals surface area contributed by atoms with Crippen molar-refractivity contribution in [1.29, 1.82) is 0 Å². The van der Waals surface area contributed by atoms with Gasteiger partial charge in [0.1, 0.15) is 29.0 Å². The van der Waals surface area contributed by atoms with Crippen LogP contribution in [0.3, 0.4) is 0 Å². The molecule has 16 nitrogen and oxygen atoms in total. The molecule has 4 saturated carbocycles. The summed E-state index contributed by atoms with van der Waals surface area (Å²) >= 11 is 2.05. The molecule has 2 N–H and O–H groups in total. The third kappa shape index (κ3) is 14.1. The molecule has 2 atom stereocenters. The van der Waals surface area contributed by atoms with Crippen LogP contribution >= 0.6 is 22.7 Å². The Hall–Kier alpha value is -7.39. The number of anilines is 4. The lowest BCUT2D eigenvalue weighted by Crippen LogP contribution is -2.39. The van der Waals surface area contributed by atoms with E-state index in [0.717, 1.165) is 125 Å². The Bertz CT molecular complexity index is 3430. The number of thiazole rings is 2. The van der Waals surface area contributed by atoms with Gasteiger partial charge in [0.05, 0.1) is 18.5 Å². The van der Waals surface area contributed by atoms with Gasteiger partial charge in [-0.05, 0) is 136 Å². The Morgan fingerprint density at radius 1 is 0.565 bits per heavy atom. The maximum atomic E-state index is 15.7. The first-order valence-corrected chi connectivity index (χ1v) is 31.7. The van der Waals surface area contributed by atoms with Crippen molar-refractivity contribution in [2.75, 3.05) is 32.7 Å². The van der Waals surface area contributed by atoms with Crippen LogP contribution in [0.2, 0.25) is 0 Å². The van der Waals surface area contributed by atoms with E-state index in [-0.39, 0.29) is 64.9 Å². The molecule has 12 rings (SSSR count). The van der Waals surface area contributed by atoms with E-state index < -0.39 is 40.5 Å². The number of aromatic nitrogens is 4. The fraction of sp³-hybridized carbons (Fsp3) is 0.469. The third-order valence-electron chi connectivity index (χ3n) is 17.3. The minimum atomic E-state index is -1.04. The quantitative estimate of drug-likeness (QED) is 0.0732. The summed E-state index contributed by atoms with van der Waals surface area (Å²) in [5.74, 6) is -2.83. The van der Waals surface area contributed by atoms with E-state index in [2.05, 4.69) is 15.0 Å². The van der Waals surface area contributed by atoms with Crippen LogP contribution in [0.1, 0.15) is 141 Å². The number of amides is 4. The lowest BCUT2D eigenvalue weighted by atomic mass is 9.90. The minimum absolute atomic E-state index is 0.0117. The van der Waals surface area contributed by atoms with Gasteiger partial charge in [0.2, 0.25) is 28.8 Å². The largest absolute Gasteiger partial charge is 0.481 e. The number of hydrogen-bond acceptors (Lipinski definition) is 12. The van der Waals surface area contributed by atoms with Crippen LogP contribution in [0, 0.1) is 40.4 Å². The predicted octanol–water partition coefficient (Wildman–Crippen LogP) is 13.5. The van der Waals surface area contributed by atoms with E-state index in [1.165, 1.54) is 40.5 Å². The molecule has 446 valence electrons.